The van der Waals surface area contributed by atoms with Gasteiger partial charge in [-0.1, -0.05) is 6.92 Å². The number of aromatic nitrogens is 1. The number of aliphatic hydroxyl groups excluding tert-OH is 2. The zero-order valence-electron chi connectivity index (χ0n) is 10.3. The van der Waals surface area contributed by atoms with E-state index in [1.807, 2.05) is 12.1 Å². The van der Waals surface area contributed by atoms with Crippen molar-refractivity contribution in [2.45, 2.75) is 38.9 Å². The van der Waals surface area contributed by atoms with Gasteiger partial charge in [0.05, 0.1) is 12.7 Å². The number of aryl methyl sites for hydroxylation is 1. The van der Waals surface area contributed by atoms with Gasteiger partial charge in [0.15, 0.2) is 0 Å². The largest absolute Gasteiger partial charge is 0.392 e. The smallest absolute Gasteiger partial charge is 0.129 e. The van der Waals surface area contributed by atoms with Crippen molar-refractivity contribution < 1.29 is 10.2 Å². The van der Waals surface area contributed by atoms with Crippen molar-refractivity contribution in [3.8, 4) is 0 Å². The highest BCUT2D eigenvalue weighted by Gasteiger charge is 2.19. The van der Waals surface area contributed by atoms with E-state index in [1.165, 1.54) is 0 Å². The molecule has 2 N–H and O–H groups in total. The van der Waals surface area contributed by atoms with E-state index in [0.29, 0.717) is 6.54 Å². The lowest BCUT2D eigenvalue weighted by Crippen LogP contribution is -2.38. The van der Waals surface area contributed by atoms with Gasteiger partial charge < -0.3 is 15.1 Å². The third-order valence-electron chi connectivity index (χ3n) is 3.19. The molecule has 0 bridgehead atoms. The van der Waals surface area contributed by atoms with Gasteiger partial charge >= 0.3 is 0 Å². The number of rotatable bonds is 3. The Labute approximate surface area is 102 Å². The Morgan fingerprint density at radius 2 is 2.29 bits per heavy atom. The minimum atomic E-state index is -0.256. The van der Waals surface area contributed by atoms with Crippen molar-refractivity contribution in [3.05, 3.63) is 23.4 Å². The van der Waals surface area contributed by atoms with Crippen molar-refractivity contribution in [1.82, 2.24) is 4.98 Å². The van der Waals surface area contributed by atoms with Crippen LogP contribution in [-0.4, -0.2) is 34.4 Å². The average molecular weight is 236 g/mol. The Balaban J connectivity index is 2.23. The maximum absolute atomic E-state index is 9.68. The van der Waals surface area contributed by atoms with Crippen LogP contribution in [0.4, 0.5) is 5.82 Å². The summed E-state index contributed by atoms with van der Waals surface area (Å²) < 4.78 is 0. The summed E-state index contributed by atoms with van der Waals surface area (Å²) >= 11 is 0. The number of hydrogen-bond donors (Lipinski definition) is 2. The second-order valence-corrected chi connectivity index (χ2v) is 4.58. The molecule has 17 heavy (non-hydrogen) atoms. The van der Waals surface area contributed by atoms with Gasteiger partial charge in [0.1, 0.15) is 5.82 Å². The highest BCUT2D eigenvalue weighted by atomic mass is 16.3. The summed E-state index contributed by atoms with van der Waals surface area (Å²) in [6.07, 6.45) is 2.47. The van der Waals surface area contributed by atoms with E-state index in [4.69, 9.17) is 0 Å². The first kappa shape index (κ1) is 12.3. The lowest BCUT2D eigenvalue weighted by Gasteiger charge is -2.31. The Kier molecular flexibility index (Phi) is 3.97. The molecule has 0 amide bonds. The summed E-state index contributed by atoms with van der Waals surface area (Å²) in [5.41, 5.74) is 1.89. The minimum Gasteiger partial charge on any atom is -0.392 e. The summed E-state index contributed by atoms with van der Waals surface area (Å²) in [5.74, 6) is 0.882. The number of nitrogens with zero attached hydrogens (tertiary/aromatic N) is 2. The number of pyridine rings is 1. The quantitative estimate of drug-likeness (QED) is 0.825. The molecule has 1 aromatic heterocycles. The molecule has 0 saturated carbocycles. The molecule has 1 atom stereocenters. The normalized spacial score (nSPS) is 20.6. The first-order valence-electron chi connectivity index (χ1n) is 6.26. The predicted octanol–water partition coefficient (Wildman–Crippen LogP) is 1.10. The van der Waals surface area contributed by atoms with Crippen molar-refractivity contribution in [1.29, 1.82) is 0 Å². The van der Waals surface area contributed by atoms with Crippen LogP contribution < -0.4 is 4.90 Å². The van der Waals surface area contributed by atoms with E-state index >= 15 is 0 Å². The summed E-state index contributed by atoms with van der Waals surface area (Å²) in [7, 11) is 0. The van der Waals surface area contributed by atoms with Gasteiger partial charge in [0, 0.05) is 18.8 Å². The number of hydrogen-bond acceptors (Lipinski definition) is 4. The van der Waals surface area contributed by atoms with Crippen LogP contribution in [0, 0.1) is 0 Å². The molecule has 1 aliphatic rings. The first-order valence-corrected chi connectivity index (χ1v) is 6.26. The fourth-order valence-electron chi connectivity index (χ4n) is 2.23. The molecular formula is C13H20N2O2. The van der Waals surface area contributed by atoms with Gasteiger partial charge in [-0.15, -0.1) is 0 Å². The molecule has 0 spiro atoms. The Hall–Kier alpha value is -1.13. The lowest BCUT2D eigenvalue weighted by atomic mass is 10.1. The monoisotopic (exact) mass is 236 g/mol. The van der Waals surface area contributed by atoms with Crippen LogP contribution in [0.3, 0.4) is 0 Å². The maximum atomic E-state index is 9.68. The molecule has 0 aliphatic carbocycles. The Bertz CT molecular complexity index is 359. The van der Waals surface area contributed by atoms with Crippen LogP contribution in [0.15, 0.2) is 12.1 Å². The van der Waals surface area contributed by atoms with Gasteiger partial charge in [-0.2, -0.15) is 0 Å². The van der Waals surface area contributed by atoms with Gasteiger partial charge in [-0.05, 0) is 37.0 Å². The summed E-state index contributed by atoms with van der Waals surface area (Å²) in [4.78, 5) is 6.67. The predicted molar refractivity (Wildman–Crippen MR) is 67.0 cm³/mol. The van der Waals surface area contributed by atoms with Crippen LogP contribution >= 0.6 is 0 Å². The molecule has 1 fully saturated rings. The third-order valence-corrected chi connectivity index (χ3v) is 3.19. The third kappa shape index (κ3) is 2.96. The van der Waals surface area contributed by atoms with Crippen LogP contribution in [0.5, 0.6) is 0 Å². The molecule has 4 nitrogen and oxygen atoms in total. The SMILES string of the molecule is CCc1cc(CO)cc(N2CCCC(O)C2)n1. The molecule has 1 saturated heterocycles. The van der Waals surface area contributed by atoms with Crippen LogP contribution in [0.2, 0.25) is 0 Å². The van der Waals surface area contributed by atoms with Crippen molar-refractivity contribution >= 4 is 5.82 Å². The van der Waals surface area contributed by atoms with Gasteiger partial charge in [0.25, 0.3) is 0 Å². The van der Waals surface area contributed by atoms with Crippen molar-refractivity contribution in [3.63, 3.8) is 0 Å². The average Bonchev–Trinajstić information content (AvgIpc) is 2.38. The van der Waals surface area contributed by atoms with Gasteiger partial charge in [-0.3, -0.25) is 0 Å². The molecule has 0 aromatic carbocycles. The summed E-state index contributed by atoms with van der Waals surface area (Å²) in [5, 5.41) is 18.9. The summed E-state index contributed by atoms with van der Waals surface area (Å²) in [6.45, 7) is 3.67. The van der Waals surface area contributed by atoms with Crippen molar-refractivity contribution in [2.75, 3.05) is 18.0 Å². The number of aliphatic hydroxyl groups is 2. The van der Waals surface area contributed by atoms with E-state index < -0.39 is 0 Å². The first-order chi connectivity index (χ1) is 8.22. The van der Waals surface area contributed by atoms with Gasteiger partial charge in [-0.25, -0.2) is 4.98 Å². The van der Waals surface area contributed by atoms with E-state index in [1.54, 1.807) is 0 Å². The zero-order chi connectivity index (χ0) is 12.3. The minimum absolute atomic E-state index is 0.0406. The number of β-amino-alcohol motifs (C(OH)–C–C–N with tert-alkyl or cyclic N) is 1. The molecule has 1 unspecified atom stereocenters. The lowest BCUT2D eigenvalue weighted by molar-refractivity contribution is 0.154. The van der Waals surface area contributed by atoms with Crippen molar-refractivity contribution in [2.24, 2.45) is 0 Å². The topological polar surface area (TPSA) is 56.6 Å². The van der Waals surface area contributed by atoms with E-state index in [-0.39, 0.29) is 12.7 Å². The Morgan fingerprint density at radius 3 is 2.94 bits per heavy atom. The fourth-order valence-corrected chi connectivity index (χ4v) is 2.23. The molecule has 1 aliphatic heterocycles. The standard InChI is InChI=1S/C13H20N2O2/c1-2-11-6-10(9-16)7-13(14-11)15-5-3-4-12(17)8-15/h6-7,12,16-17H,2-5,8-9H2,1H3. The summed E-state index contributed by atoms with van der Waals surface area (Å²) in [6, 6.07) is 3.85. The van der Waals surface area contributed by atoms with E-state index in [9.17, 15) is 10.2 Å². The zero-order valence-corrected chi connectivity index (χ0v) is 10.3. The van der Waals surface area contributed by atoms with E-state index in [2.05, 4.69) is 16.8 Å². The Morgan fingerprint density at radius 1 is 1.47 bits per heavy atom. The fraction of sp³-hybridized carbons (Fsp3) is 0.615. The van der Waals surface area contributed by atoms with Crippen LogP contribution in [0.25, 0.3) is 0 Å². The van der Waals surface area contributed by atoms with E-state index in [0.717, 1.165) is 42.9 Å². The number of piperidine rings is 1. The van der Waals surface area contributed by atoms with Crippen LogP contribution in [0.1, 0.15) is 31.0 Å². The highest BCUT2D eigenvalue weighted by molar-refractivity contribution is 5.43. The molecule has 2 rings (SSSR count). The molecule has 2 heterocycles. The molecular weight excluding hydrogens is 216 g/mol. The second kappa shape index (κ2) is 5.47. The second-order valence-electron chi connectivity index (χ2n) is 4.58. The number of anilines is 1. The highest BCUT2D eigenvalue weighted by Crippen LogP contribution is 2.20. The molecule has 1 aromatic rings. The maximum Gasteiger partial charge on any atom is 0.129 e. The molecule has 0 radical (unpaired) electrons. The molecule has 4 heteroatoms. The molecule has 94 valence electrons. The van der Waals surface area contributed by atoms with Crippen LogP contribution in [-0.2, 0) is 13.0 Å². The van der Waals surface area contributed by atoms with Gasteiger partial charge in [0.2, 0.25) is 0 Å².